The maximum Gasteiger partial charge on any atom is 0.141 e. The van der Waals surface area contributed by atoms with E-state index in [0.717, 1.165) is 17.5 Å². The fraction of sp³-hybridized carbons (Fsp3) is 0.214. The summed E-state index contributed by atoms with van der Waals surface area (Å²) in [6.07, 6.45) is 2.75. The molecule has 0 aliphatic heterocycles. The molecule has 0 saturated carbocycles. The van der Waals surface area contributed by atoms with Crippen molar-refractivity contribution in [3.05, 3.63) is 59.7 Å². The van der Waals surface area contributed by atoms with Gasteiger partial charge in [0.2, 0.25) is 0 Å². The van der Waals surface area contributed by atoms with Crippen molar-refractivity contribution in [3.63, 3.8) is 0 Å². The van der Waals surface area contributed by atoms with Gasteiger partial charge < -0.3 is 4.74 Å². The molecule has 0 bridgehead atoms. The minimum absolute atomic E-state index is 0.307. The number of nitrogens with two attached hydrogens (primary N) is 1. The highest BCUT2D eigenvalue weighted by Gasteiger charge is 2.13. The van der Waals surface area contributed by atoms with Crippen molar-refractivity contribution in [2.24, 2.45) is 5.84 Å². The number of nitrogens with zero attached hydrogens (tertiary/aromatic N) is 1. The van der Waals surface area contributed by atoms with Crippen LogP contribution in [-0.4, -0.2) is 11.6 Å². The van der Waals surface area contributed by atoms with Crippen LogP contribution in [-0.2, 0) is 0 Å². The van der Waals surface area contributed by atoms with Crippen LogP contribution in [0.2, 0.25) is 0 Å². The first-order valence-electron chi connectivity index (χ1n) is 6.04. The fourth-order valence-electron chi connectivity index (χ4n) is 1.89. The predicted molar refractivity (Wildman–Crippen MR) is 71.0 cm³/mol. The van der Waals surface area contributed by atoms with E-state index < -0.39 is 0 Å². The number of hydrogen-bond acceptors (Lipinski definition) is 4. The lowest BCUT2D eigenvalue weighted by molar-refractivity contribution is 0.340. The summed E-state index contributed by atoms with van der Waals surface area (Å²) in [6, 6.07) is 8.60. The molecule has 1 aromatic carbocycles. The lowest BCUT2D eigenvalue weighted by atomic mass is 10.0. The maximum absolute atomic E-state index is 13.2. The van der Waals surface area contributed by atoms with Gasteiger partial charge in [-0.05, 0) is 36.2 Å². The van der Waals surface area contributed by atoms with E-state index in [1.165, 1.54) is 6.07 Å². The van der Waals surface area contributed by atoms with E-state index in [4.69, 9.17) is 10.6 Å². The summed E-state index contributed by atoms with van der Waals surface area (Å²) in [4.78, 5) is 3.83. The van der Waals surface area contributed by atoms with Gasteiger partial charge in [0, 0.05) is 6.20 Å². The van der Waals surface area contributed by atoms with E-state index in [1.54, 1.807) is 6.20 Å². The normalized spacial score (nSPS) is 12.2. The van der Waals surface area contributed by atoms with Gasteiger partial charge in [-0.15, -0.1) is 0 Å². The largest absolute Gasteiger partial charge is 0.494 e. The summed E-state index contributed by atoms with van der Waals surface area (Å²) < 4.78 is 18.6. The first-order chi connectivity index (χ1) is 9.24. The molecule has 0 aliphatic carbocycles. The first-order valence-corrected chi connectivity index (χ1v) is 6.04. The highest BCUT2D eigenvalue weighted by Crippen LogP contribution is 2.23. The smallest absolute Gasteiger partial charge is 0.141 e. The molecule has 5 heteroatoms. The maximum atomic E-state index is 13.2. The first kappa shape index (κ1) is 13.5. The van der Waals surface area contributed by atoms with Crippen molar-refractivity contribution in [3.8, 4) is 5.75 Å². The Balaban J connectivity index is 2.26. The van der Waals surface area contributed by atoms with Crippen LogP contribution in [0.15, 0.2) is 42.7 Å². The molecule has 100 valence electrons. The predicted octanol–water partition coefficient (Wildman–Crippen LogP) is 2.17. The highest BCUT2D eigenvalue weighted by atomic mass is 19.1. The summed E-state index contributed by atoms with van der Waals surface area (Å²) >= 11 is 0. The van der Waals surface area contributed by atoms with E-state index in [2.05, 4.69) is 10.4 Å². The average Bonchev–Trinajstić information content (AvgIpc) is 2.42. The number of benzene rings is 1. The molecule has 0 saturated heterocycles. The Bertz CT molecular complexity index is 530. The van der Waals surface area contributed by atoms with Crippen LogP contribution in [0.25, 0.3) is 0 Å². The van der Waals surface area contributed by atoms with Gasteiger partial charge >= 0.3 is 0 Å². The lowest BCUT2D eigenvalue weighted by Gasteiger charge is -2.17. The summed E-state index contributed by atoms with van der Waals surface area (Å²) in [7, 11) is 0. The molecule has 0 spiro atoms. The molecule has 1 unspecified atom stereocenters. The molecule has 19 heavy (non-hydrogen) atoms. The minimum Gasteiger partial charge on any atom is -0.494 e. The zero-order valence-electron chi connectivity index (χ0n) is 10.6. The number of rotatable bonds is 5. The van der Waals surface area contributed by atoms with E-state index in [9.17, 15) is 4.39 Å². The Morgan fingerprint density at radius 2 is 2.00 bits per heavy atom. The fourth-order valence-corrected chi connectivity index (χ4v) is 1.89. The number of pyridine rings is 1. The third-order valence-corrected chi connectivity index (χ3v) is 2.75. The second-order valence-electron chi connectivity index (χ2n) is 4.04. The van der Waals surface area contributed by atoms with Crippen molar-refractivity contribution < 1.29 is 9.13 Å². The molecule has 0 aliphatic rings. The molecule has 0 radical (unpaired) electrons. The van der Waals surface area contributed by atoms with Gasteiger partial charge in [-0.25, -0.2) is 9.82 Å². The molecule has 4 nitrogen and oxygen atoms in total. The molecule has 1 atom stereocenters. The molecule has 3 N–H and O–H groups in total. The Kier molecular flexibility index (Phi) is 4.43. The van der Waals surface area contributed by atoms with Gasteiger partial charge in [-0.2, -0.15) is 0 Å². The highest BCUT2D eigenvalue weighted by molar-refractivity contribution is 5.34. The number of nitrogens with one attached hydrogen (secondary N) is 1. The van der Waals surface area contributed by atoms with Crippen molar-refractivity contribution >= 4 is 0 Å². The third kappa shape index (κ3) is 3.27. The second-order valence-corrected chi connectivity index (χ2v) is 4.04. The topological polar surface area (TPSA) is 60.2 Å². The minimum atomic E-state index is -0.385. The number of aromatic nitrogens is 1. The van der Waals surface area contributed by atoms with Gasteiger partial charge in [-0.3, -0.25) is 10.8 Å². The van der Waals surface area contributed by atoms with E-state index in [0.29, 0.717) is 12.2 Å². The Morgan fingerprint density at radius 3 is 2.58 bits per heavy atom. The number of hydrogen-bond donors (Lipinski definition) is 2. The lowest BCUT2D eigenvalue weighted by Crippen LogP contribution is -2.29. The van der Waals surface area contributed by atoms with Crippen molar-refractivity contribution in [2.75, 3.05) is 6.61 Å². The Hall–Kier alpha value is -1.98. The van der Waals surface area contributed by atoms with Gasteiger partial charge in [0.1, 0.15) is 11.6 Å². The molecule has 0 fully saturated rings. The molecule has 1 heterocycles. The molecule has 1 aromatic heterocycles. The SMILES string of the molecule is CCOc1ccc(C(NN)c2cncc(F)c2)cc1. The standard InChI is InChI=1S/C14H16FN3O/c1-2-19-13-5-3-10(4-6-13)14(18-16)11-7-12(15)9-17-8-11/h3-9,14,18H,2,16H2,1H3. The zero-order chi connectivity index (χ0) is 13.7. The van der Waals surface area contributed by atoms with Crippen molar-refractivity contribution in [1.29, 1.82) is 0 Å². The van der Waals surface area contributed by atoms with E-state index in [1.807, 2.05) is 31.2 Å². The quantitative estimate of drug-likeness (QED) is 0.639. The summed E-state index contributed by atoms with van der Waals surface area (Å²) in [5.74, 6) is 5.96. The average molecular weight is 261 g/mol. The summed E-state index contributed by atoms with van der Waals surface area (Å²) in [5.41, 5.74) is 4.25. The zero-order valence-corrected chi connectivity index (χ0v) is 10.6. The van der Waals surface area contributed by atoms with Crippen LogP contribution in [0, 0.1) is 5.82 Å². The van der Waals surface area contributed by atoms with Gasteiger partial charge in [0.05, 0.1) is 18.8 Å². The van der Waals surface area contributed by atoms with Crippen LogP contribution >= 0.6 is 0 Å². The van der Waals surface area contributed by atoms with Gasteiger partial charge in [-0.1, -0.05) is 12.1 Å². The Labute approximate surface area is 111 Å². The second kappa shape index (κ2) is 6.26. The van der Waals surface area contributed by atoms with E-state index in [-0.39, 0.29) is 11.9 Å². The number of ether oxygens (including phenoxy) is 1. The Morgan fingerprint density at radius 1 is 1.26 bits per heavy atom. The van der Waals surface area contributed by atoms with Crippen molar-refractivity contribution in [1.82, 2.24) is 10.4 Å². The summed E-state index contributed by atoms with van der Waals surface area (Å²) in [5, 5.41) is 0. The van der Waals surface area contributed by atoms with Crippen molar-refractivity contribution in [2.45, 2.75) is 13.0 Å². The van der Waals surface area contributed by atoms with Crippen LogP contribution in [0.5, 0.6) is 5.75 Å². The third-order valence-electron chi connectivity index (χ3n) is 2.75. The van der Waals surface area contributed by atoms with Crippen LogP contribution < -0.4 is 16.0 Å². The molecule has 2 aromatic rings. The van der Waals surface area contributed by atoms with Crippen LogP contribution in [0.4, 0.5) is 4.39 Å². The monoisotopic (exact) mass is 261 g/mol. The van der Waals surface area contributed by atoms with Gasteiger partial charge in [0.15, 0.2) is 0 Å². The van der Waals surface area contributed by atoms with E-state index >= 15 is 0 Å². The number of hydrazine groups is 1. The molecule has 0 amide bonds. The molecular formula is C14H16FN3O. The molecule has 2 rings (SSSR count). The van der Waals surface area contributed by atoms with Crippen LogP contribution in [0.1, 0.15) is 24.1 Å². The number of halogens is 1. The molecular weight excluding hydrogens is 245 g/mol. The van der Waals surface area contributed by atoms with Crippen LogP contribution in [0.3, 0.4) is 0 Å². The van der Waals surface area contributed by atoms with Gasteiger partial charge in [0.25, 0.3) is 0 Å². The summed E-state index contributed by atoms with van der Waals surface area (Å²) in [6.45, 7) is 2.54.